The second kappa shape index (κ2) is 11.3. The molecule has 6 heteroatoms. The molecule has 0 unspecified atom stereocenters. The van der Waals surface area contributed by atoms with Gasteiger partial charge >= 0.3 is 0 Å². The van der Waals surface area contributed by atoms with E-state index in [0.29, 0.717) is 6.54 Å². The maximum absolute atomic E-state index is 9.93. The Labute approximate surface area is 202 Å². The van der Waals surface area contributed by atoms with Gasteiger partial charge in [-0.1, -0.05) is 74.5 Å². The minimum absolute atomic E-state index is 0. The van der Waals surface area contributed by atoms with Crippen molar-refractivity contribution in [1.29, 1.82) is 0 Å². The average Bonchev–Trinajstić information content (AvgIpc) is 2.74. The molecule has 0 saturated heterocycles. The van der Waals surface area contributed by atoms with Crippen molar-refractivity contribution in [1.82, 2.24) is 5.32 Å². The molecule has 0 aliphatic heterocycles. The van der Waals surface area contributed by atoms with Gasteiger partial charge in [0.1, 0.15) is 0 Å². The summed E-state index contributed by atoms with van der Waals surface area (Å²) < 4.78 is 0. The zero-order valence-corrected chi connectivity index (χ0v) is 20.1. The highest BCUT2D eigenvalue weighted by Gasteiger charge is 2.32. The van der Waals surface area contributed by atoms with Crippen molar-refractivity contribution in [2.45, 2.75) is 25.9 Å². The summed E-state index contributed by atoms with van der Waals surface area (Å²) in [4.78, 5) is 0. The smallest absolute Gasteiger partial charge is 0.0673 e. The Bertz CT molecular complexity index is 1140. The van der Waals surface area contributed by atoms with E-state index in [4.69, 9.17) is 0 Å². The third-order valence-corrected chi connectivity index (χ3v) is 6.15. The first kappa shape index (κ1) is 27.4. The normalized spacial score (nSPS) is 11.3. The van der Waals surface area contributed by atoms with Crippen LogP contribution in [0.15, 0.2) is 66.7 Å². The van der Waals surface area contributed by atoms with Crippen molar-refractivity contribution in [2.24, 2.45) is 5.92 Å². The molecule has 0 spiro atoms. The van der Waals surface area contributed by atoms with Crippen LogP contribution in [0.25, 0.3) is 32.3 Å². The van der Waals surface area contributed by atoms with Crippen LogP contribution in [0.2, 0.25) is 0 Å². The third kappa shape index (κ3) is 4.93. The van der Waals surface area contributed by atoms with Crippen LogP contribution >= 0.6 is 37.2 Å². The van der Waals surface area contributed by atoms with Crippen LogP contribution in [0.4, 0.5) is 0 Å². The molecule has 0 heterocycles. The Morgan fingerprint density at radius 2 is 1.26 bits per heavy atom. The number of aliphatic hydroxyl groups excluding tert-OH is 2. The molecule has 4 rings (SSSR count). The average molecular weight is 483 g/mol. The van der Waals surface area contributed by atoms with Crippen LogP contribution < -0.4 is 5.32 Å². The fourth-order valence-electron chi connectivity index (χ4n) is 4.08. The molecular weight excluding hydrogens is 453 g/mol. The van der Waals surface area contributed by atoms with Gasteiger partial charge in [0.25, 0.3) is 0 Å². The van der Waals surface area contributed by atoms with E-state index in [1.54, 1.807) is 0 Å². The third-order valence-electron chi connectivity index (χ3n) is 6.15. The molecule has 168 valence electrons. The zero-order valence-electron chi connectivity index (χ0n) is 17.7. The zero-order chi connectivity index (χ0) is 19.7. The Balaban J connectivity index is 0.00000160. The van der Waals surface area contributed by atoms with Gasteiger partial charge in [0.05, 0.1) is 18.8 Å². The van der Waals surface area contributed by atoms with Gasteiger partial charge < -0.3 is 15.5 Å². The van der Waals surface area contributed by atoms with Crippen molar-refractivity contribution in [3.8, 4) is 0 Å². The number of benzene rings is 4. The Hall–Kier alpha value is -1.59. The van der Waals surface area contributed by atoms with Crippen LogP contribution in [0.3, 0.4) is 0 Å². The van der Waals surface area contributed by atoms with E-state index in [1.165, 1.54) is 37.9 Å². The first-order valence-electron chi connectivity index (χ1n) is 9.88. The lowest BCUT2D eigenvalue weighted by molar-refractivity contribution is 0.0552. The Kier molecular flexibility index (Phi) is 10.0. The molecular formula is C25H30Cl3NO2. The van der Waals surface area contributed by atoms with Gasteiger partial charge in [-0.05, 0) is 49.9 Å². The van der Waals surface area contributed by atoms with Crippen LogP contribution in [0, 0.1) is 5.92 Å². The minimum Gasteiger partial charge on any atom is -0.394 e. The quantitative estimate of drug-likeness (QED) is 0.301. The summed E-state index contributed by atoms with van der Waals surface area (Å²) >= 11 is 0. The predicted octanol–water partition coefficient (Wildman–Crippen LogP) is 5.88. The summed E-state index contributed by atoms with van der Waals surface area (Å²) in [6.07, 6.45) is 0. The van der Waals surface area contributed by atoms with E-state index in [0.717, 1.165) is 0 Å². The number of hydrogen-bond acceptors (Lipinski definition) is 3. The molecule has 0 atom stereocenters. The standard InChI is InChI=1S/C25H27NO2.3ClH/c1-17(2)25(15-27,16-28)26-14-19-13-24-20-8-4-3-7-18(20)11-12-23(24)22-10-6-5-9-21(19)22;;;/h3-13,17,26-28H,14-16H2,1-2H3;3*1H. The molecule has 4 aromatic carbocycles. The maximum Gasteiger partial charge on any atom is 0.0673 e. The van der Waals surface area contributed by atoms with Gasteiger partial charge in [0.2, 0.25) is 0 Å². The molecule has 0 fully saturated rings. The molecule has 0 saturated carbocycles. The van der Waals surface area contributed by atoms with Crippen molar-refractivity contribution >= 4 is 69.5 Å². The first-order chi connectivity index (χ1) is 13.6. The van der Waals surface area contributed by atoms with E-state index in [1.807, 2.05) is 13.8 Å². The number of halogens is 3. The molecule has 3 N–H and O–H groups in total. The van der Waals surface area contributed by atoms with Crippen molar-refractivity contribution < 1.29 is 10.2 Å². The number of nitrogens with one attached hydrogen (secondary N) is 1. The van der Waals surface area contributed by atoms with Gasteiger partial charge in [-0.3, -0.25) is 0 Å². The Morgan fingerprint density at radius 3 is 1.87 bits per heavy atom. The van der Waals surface area contributed by atoms with Gasteiger partial charge in [0.15, 0.2) is 0 Å². The second-order valence-corrected chi connectivity index (χ2v) is 7.94. The topological polar surface area (TPSA) is 52.5 Å². The highest BCUT2D eigenvalue weighted by Crippen LogP contribution is 2.34. The van der Waals surface area contributed by atoms with Crippen LogP contribution in [0.5, 0.6) is 0 Å². The second-order valence-electron chi connectivity index (χ2n) is 7.94. The molecule has 0 amide bonds. The van der Waals surface area contributed by atoms with E-state index in [9.17, 15) is 10.2 Å². The van der Waals surface area contributed by atoms with Crippen molar-refractivity contribution in [3.63, 3.8) is 0 Å². The maximum atomic E-state index is 9.93. The van der Waals surface area contributed by atoms with Gasteiger partial charge in [-0.2, -0.15) is 0 Å². The molecule has 0 aliphatic rings. The van der Waals surface area contributed by atoms with E-state index in [-0.39, 0.29) is 56.4 Å². The Morgan fingerprint density at radius 1 is 0.710 bits per heavy atom. The number of hydrogen-bond donors (Lipinski definition) is 3. The summed E-state index contributed by atoms with van der Waals surface area (Å²) in [7, 11) is 0. The highest BCUT2D eigenvalue weighted by atomic mass is 35.5. The molecule has 3 nitrogen and oxygen atoms in total. The van der Waals surface area contributed by atoms with Gasteiger partial charge in [-0.15, -0.1) is 37.2 Å². The fraction of sp³-hybridized carbons (Fsp3) is 0.280. The fourth-order valence-corrected chi connectivity index (χ4v) is 4.08. The van der Waals surface area contributed by atoms with Crippen LogP contribution in [-0.4, -0.2) is 29.0 Å². The van der Waals surface area contributed by atoms with E-state index >= 15 is 0 Å². The molecule has 31 heavy (non-hydrogen) atoms. The summed E-state index contributed by atoms with van der Waals surface area (Å²) in [5.41, 5.74) is 0.473. The predicted molar refractivity (Wildman–Crippen MR) is 139 cm³/mol. The highest BCUT2D eigenvalue weighted by molar-refractivity contribution is 6.18. The minimum atomic E-state index is -0.700. The molecule has 4 aromatic rings. The number of rotatable bonds is 6. The number of fused-ring (bicyclic) bond motifs is 5. The van der Waals surface area contributed by atoms with Gasteiger partial charge in [-0.25, -0.2) is 0 Å². The lowest BCUT2D eigenvalue weighted by atomic mass is 9.87. The molecule has 0 aliphatic carbocycles. The van der Waals surface area contributed by atoms with Crippen LogP contribution in [-0.2, 0) is 6.54 Å². The largest absolute Gasteiger partial charge is 0.394 e. The van der Waals surface area contributed by atoms with E-state index < -0.39 is 5.54 Å². The summed E-state index contributed by atoms with van der Waals surface area (Å²) in [5.74, 6) is 0.107. The van der Waals surface area contributed by atoms with Crippen molar-refractivity contribution in [2.75, 3.05) is 13.2 Å². The molecule has 0 aromatic heterocycles. The lowest BCUT2D eigenvalue weighted by Gasteiger charge is -2.35. The lowest BCUT2D eigenvalue weighted by Crippen LogP contribution is -2.55. The van der Waals surface area contributed by atoms with Crippen LogP contribution in [0.1, 0.15) is 19.4 Å². The van der Waals surface area contributed by atoms with Gasteiger partial charge in [0, 0.05) is 6.54 Å². The molecule has 0 radical (unpaired) electrons. The SMILES string of the molecule is CC(C)C(CO)(CO)NCc1cc2c3ccccc3ccc2c2ccccc12.Cl.Cl.Cl. The summed E-state index contributed by atoms with van der Waals surface area (Å²) in [6.45, 7) is 4.42. The summed E-state index contributed by atoms with van der Waals surface area (Å²) in [6, 6.07) is 23.6. The molecule has 0 bridgehead atoms. The number of aliphatic hydroxyl groups is 2. The van der Waals surface area contributed by atoms with E-state index in [2.05, 4.69) is 72.0 Å². The monoisotopic (exact) mass is 481 g/mol. The van der Waals surface area contributed by atoms with Crippen molar-refractivity contribution in [3.05, 3.63) is 72.3 Å². The first-order valence-corrected chi connectivity index (χ1v) is 9.88. The summed E-state index contributed by atoms with van der Waals surface area (Å²) in [5, 5.41) is 30.7.